The Kier molecular flexibility index (Phi) is 3.87. The molecule has 0 N–H and O–H groups in total. The van der Waals surface area contributed by atoms with Crippen molar-refractivity contribution in [3.63, 3.8) is 0 Å². The van der Waals surface area contributed by atoms with E-state index < -0.39 is 0 Å². The summed E-state index contributed by atoms with van der Waals surface area (Å²) in [6.07, 6.45) is 4.27. The summed E-state index contributed by atoms with van der Waals surface area (Å²) in [4.78, 5) is 16.3. The van der Waals surface area contributed by atoms with Gasteiger partial charge in [0.05, 0.1) is 6.61 Å². The van der Waals surface area contributed by atoms with Crippen LogP contribution in [0.15, 0.2) is 42.9 Å². The molecule has 0 atom stereocenters. The van der Waals surface area contributed by atoms with E-state index in [9.17, 15) is 4.79 Å². The second-order valence-corrected chi connectivity index (χ2v) is 4.95. The summed E-state index contributed by atoms with van der Waals surface area (Å²) in [5, 5.41) is 4.15. The third kappa shape index (κ3) is 2.57. The average Bonchev–Trinajstić information content (AvgIpc) is 3.02. The fourth-order valence-corrected chi connectivity index (χ4v) is 2.41. The van der Waals surface area contributed by atoms with Crippen molar-refractivity contribution in [1.29, 1.82) is 0 Å². The van der Waals surface area contributed by atoms with Crippen molar-refractivity contribution in [2.75, 3.05) is 6.61 Å². The van der Waals surface area contributed by atoms with Crippen molar-refractivity contribution in [3.05, 3.63) is 54.0 Å². The maximum absolute atomic E-state index is 12.2. The van der Waals surface area contributed by atoms with Crippen LogP contribution in [0.1, 0.15) is 29.8 Å². The summed E-state index contributed by atoms with van der Waals surface area (Å²) < 4.78 is 6.73. The predicted molar refractivity (Wildman–Crippen MR) is 83.8 cm³/mol. The molecule has 5 nitrogen and oxygen atoms in total. The number of nitrogens with zero attached hydrogens (tertiary/aromatic N) is 3. The molecule has 0 radical (unpaired) electrons. The number of aryl methyl sites for hydroxylation is 1. The maximum atomic E-state index is 12.2. The SMILES string of the molecule is CCOC(=O)c1cc(-c2cccc(CC)c2)cn2ncnc12. The van der Waals surface area contributed by atoms with Crippen LogP contribution in [0.4, 0.5) is 0 Å². The van der Waals surface area contributed by atoms with E-state index in [1.54, 1.807) is 11.4 Å². The van der Waals surface area contributed by atoms with Crippen LogP contribution in [0.2, 0.25) is 0 Å². The molecule has 0 bridgehead atoms. The number of hydrogen-bond donors (Lipinski definition) is 0. The predicted octanol–water partition coefficient (Wildman–Crippen LogP) is 3.14. The average molecular weight is 295 g/mol. The monoisotopic (exact) mass is 295 g/mol. The van der Waals surface area contributed by atoms with Gasteiger partial charge in [-0.05, 0) is 30.5 Å². The lowest BCUT2D eigenvalue weighted by molar-refractivity contribution is 0.0528. The van der Waals surface area contributed by atoms with Crippen LogP contribution in [0.25, 0.3) is 16.8 Å². The minimum atomic E-state index is -0.381. The first-order chi connectivity index (χ1) is 10.7. The highest BCUT2D eigenvalue weighted by Gasteiger charge is 2.15. The normalized spacial score (nSPS) is 10.8. The largest absolute Gasteiger partial charge is 0.462 e. The van der Waals surface area contributed by atoms with E-state index >= 15 is 0 Å². The minimum absolute atomic E-state index is 0.328. The van der Waals surface area contributed by atoms with Crippen molar-refractivity contribution >= 4 is 11.6 Å². The molecule has 0 unspecified atom stereocenters. The number of hydrogen-bond acceptors (Lipinski definition) is 4. The Labute approximate surface area is 128 Å². The van der Waals surface area contributed by atoms with Gasteiger partial charge in [-0.1, -0.05) is 31.2 Å². The van der Waals surface area contributed by atoms with Gasteiger partial charge in [0, 0.05) is 11.8 Å². The molecule has 2 heterocycles. The standard InChI is InChI=1S/C17H17N3O2/c1-3-12-6-5-7-13(8-12)14-9-15(17(21)22-4-2)16-18-11-19-20(16)10-14/h5-11H,3-4H2,1-2H3. The molecular formula is C17H17N3O2. The number of carbonyl (C=O) groups is 1. The van der Waals surface area contributed by atoms with Gasteiger partial charge in [-0.2, -0.15) is 5.10 Å². The van der Waals surface area contributed by atoms with Gasteiger partial charge in [0.1, 0.15) is 11.9 Å². The number of ether oxygens (including phenoxy) is 1. The van der Waals surface area contributed by atoms with Crippen LogP contribution < -0.4 is 0 Å². The highest BCUT2D eigenvalue weighted by atomic mass is 16.5. The summed E-state index contributed by atoms with van der Waals surface area (Å²) in [6.45, 7) is 4.23. The Morgan fingerprint density at radius 1 is 1.23 bits per heavy atom. The molecule has 0 aliphatic rings. The third-order valence-corrected chi connectivity index (χ3v) is 3.54. The topological polar surface area (TPSA) is 56.5 Å². The van der Waals surface area contributed by atoms with Gasteiger partial charge in [0.25, 0.3) is 0 Å². The van der Waals surface area contributed by atoms with E-state index in [0.29, 0.717) is 17.8 Å². The zero-order valence-corrected chi connectivity index (χ0v) is 12.6. The van der Waals surface area contributed by atoms with Gasteiger partial charge < -0.3 is 4.74 Å². The minimum Gasteiger partial charge on any atom is -0.462 e. The number of rotatable bonds is 4. The quantitative estimate of drug-likeness (QED) is 0.694. The summed E-state index contributed by atoms with van der Waals surface area (Å²) in [7, 11) is 0. The second-order valence-electron chi connectivity index (χ2n) is 4.95. The lowest BCUT2D eigenvalue weighted by Gasteiger charge is -2.08. The molecule has 0 spiro atoms. The van der Waals surface area contributed by atoms with Crippen molar-refractivity contribution in [1.82, 2.24) is 14.6 Å². The van der Waals surface area contributed by atoms with Crippen molar-refractivity contribution in [2.24, 2.45) is 0 Å². The lowest BCUT2D eigenvalue weighted by atomic mass is 10.0. The Balaban J connectivity index is 2.15. The summed E-state index contributed by atoms with van der Waals surface area (Å²) in [6, 6.07) is 10.1. The van der Waals surface area contributed by atoms with E-state index in [2.05, 4.69) is 29.1 Å². The first-order valence-corrected chi connectivity index (χ1v) is 7.32. The fourth-order valence-electron chi connectivity index (χ4n) is 2.41. The molecule has 0 amide bonds. The molecule has 2 aromatic heterocycles. The number of esters is 1. The van der Waals surface area contributed by atoms with E-state index in [0.717, 1.165) is 17.5 Å². The third-order valence-electron chi connectivity index (χ3n) is 3.54. The Bertz CT molecular complexity index is 824. The van der Waals surface area contributed by atoms with Crippen LogP contribution in [0.3, 0.4) is 0 Å². The molecule has 112 valence electrons. The smallest absolute Gasteiger partial charge is 0.342 e. The van der Waals surface area contributed by atoms with Crippen LogP contribution in [-0.4, -0.2) is 27.2 Å². The first-order valence-electron chi connectivity index (χ1n) is 7.32. The molecule has 0 aliphatic heterocycles. The molecule has 5 heteroatoms. The lowest BCUT2D eigenvalue weighted by Crippen LogP contribution is -2.08. The number of pyridine rings is 1. The highest BCUT2D eigenvalue weighted by molar-refractivity contribution is 5.97. The Morgan fingerprint density at radius 2 is 2.09 bits per heavy atom. The zero-order valence-electron chi connectivity index (χ0n) is 12.6. The molecule has 0 saturated heterocycles. The van der Waals surface area contributed by atoms with Crippen LogP contribution >= 0.6 is 0 Å². The number of carbonyl (C=O) groups excluding carboxylic acids is 1. The Hall–Kier alpha value is -2.69. The molecule has 22 heavy (non-hydrogen) atoms. The van der Waals surface area contributed by atoms with Crippen molar-refractivity contribution in [2.45, 2.75) is 20.3 Å². The van der Waals surface area contributed by atoms with Crippen LogP contribution in [0.5, 0.6) is 0 Å². The second kappa shape index (κ2) is 5.97. The summed E-state index contributed by atoms with van der Waals surface area (Å²) in [5.74, 6) is -0.381. The number of fused-ring (bicyclic) bond motifs is 1. The number of benzene rings is 1. The first kappa shape index (κ1) is 14.3. The molecular weight excluding hydrogens is 278 g/mol. The van der Waals surface area contributed by atoms with E-state index in [4.69, 9.17) is 4.74 Å². The van der Waals surface area contributed by atoms with Gasteiger partial charge >= 0.3 is 5.97 Å². The fraction of sp³-hybridized carbons (Fsp3) is 0.235. The van der Waals surface area contributed by atoms with Gasteiger partial charge in [-0.15, -0.1) is 0 Å². The van der Waals surface area contributed by atoms with Gasteiger partial charge in [0.15, 0.2) is 5.65 Å². The molecule has 0 saturated carbocycles. The van der Waals surface area contributed by atoms with E-state index in [-0.39, 0.29) is 5.97 Å². The van der Waals surface area contributed by atoms with Gasteiger partial charge in [-0.3, -0.25) is 0 Å². The van der Waals surface area contributed by atoms with Gasteiger partial charge in [0.2, 0.25) is 0 Å². The van der Waals surface area contributed by atoms with Crippen molar-refractivity contribution in [3.8, 4) is 11.1 Å². The van der Waals surface area contributed by atoms with E-state index in [1.165, 1.54) is 11.9 Å². The molecule has 1 aromatic carbocycles. The maximum Gasteiger partial charge on any atom is 0.342 e. The number of aromatic nitrogens is 3. The summed E-state index contributed by atoms with van der Waals surface area (Å²) in [5.41, 5.74) is 4.14. The molecule has 3 rings (SSSR count). The van der Waals surface area contributed by atoms with Crippen molar-refractivity contribution < 1.29 is 9.53 Å². The van der Waals surface area contributed by atoms with Gasteiger partial charge in [-0.25, -0.2) is 14.3 Å². The Morgan fingerprint density at radius 3 is 2.86 bits per heavy atom. The highest BCUT2D eigenvalue weighted by Crippen LogP contribution is 2.24. The van der Waals surface area contributed by atoms with Crippen LogP contribution in [-0.2, 0) is 11.2 Å². The van der Waals surface area contributed by atoms with E-state index in [1.807, 2.05) is 24.4 Å². The molecule has 3 aromatic rings. The molecule has 0 fully saturated rings. The van der Waals surface area contributed by atoms with Crippen LogP contribution in [0, 0.1) is 0 Å². The molecule has 0 aliphatic carbocycles. The zero-order chi connectivity index (χ0) is 15.5. The summed E-state index contributed by atoms with van der Waals surface area (Å²) >= 11 is 0.